The first-order valence-electron chi connectivity index (χ1n) is 8.52. The number of carbonyl (C=O) groups is 2. The standard InChI is InChI=1S/C17H29NO3/c1-3-13(4-2)14(19)12-18-15(20)10-17(11-16(18)21)8-6-5-7-9-17/h13-14,19H,3-12H2,1-2H3. The second-order valence-electron chi connectivity index (χ2n) is 6.96. The molecule has 1 N–H and O–H groups in total. The van der Waals surface area contributed by atoms with E-state index in [9.17, 15) is 14.7 Å². The SMILES string of the molecule is CCC(CC)C(O)CN1C(=O)CC2(CCCCC2)CC1=O. The summed E-state index contributed by atoms with van der Waals surface area (Å²) in [6.07, 6.45) is 7.65. The fourth-order valence-electron chi connectivity index (χ4n) is 4.06. The Morgan fingerprint density at radius 3 is 2.05 bits per heavy atom. The minimum Gasteiger partial charge on any atom is -0.391 e. The minimum absolute atomic E-state index is 0.0667. The lowest BCUT2D eigenvalue weighted by molar-refractivity contribution is -0.157. The Morgan fingerprint density at radius 2 is 1.57 bits per heavy atom. The highest BCUT2D eigenvalue weighted by Crippen LogP contribution is 2.45. The van der Waals surface area contributed by atoms with Crippen LogP contribution in [0.1, 0.15) is 71.6 Å². The predicted molar refractivity (Wildman–Crippen MR) is 81.6 cm³/mol. The van der Waals surface area contributed by atoms with E-state index in [1.807, 2.05) is 13.8 Å². The molecule has 0 bridgehead atoms. The molecule has 120 valence electrons. The third kappa shape index (κ3) is 3.65. The lowest BCUT2D eigenvalue weighted by Gasteiger charge is -2.43. The van der Waals surface area contributed by atoms with Crippen molar-refractivity contribution < 1.29 is 14.7 Å². The quantitative estimate of drug-likeness (QED) is 0.793. The van der Waals surface area contributed by atoms with Gasteiger partial charge in [-0.05, 0) is 24.2 Å². The van der Waals surface area contributed by atoms with Crippen LogP contribution in [0, 0.1) is 11.3 Å². The maximum Gasteiger partial charge on any atom is 0.229 e. The van der Waals surface area contributed by atoms with E-state index in [-0.39, 0.29) is 29.7 Å². The van der Waals surface area contributed by atoms with Crippen LogP contribution in [-0.2, 0) is 9.59 Å². The lowest BCUT2D eigenvalue weighted by atomic mass is 9.67. The van der Waals surface area contributed by atoms with E-state index in [0.717, 1.165) is 38.5 Å². The lowest BCUT2D eigenvalue weighted by Crippen LogP contribution is -2.51. The summed E-state index contributed by atoms with van der Waals surface area (Å²) >= 11 is 0. The van der Waals surface area contributed by atoms with Crippen molar-refractivity contribution in [2.75, 3.05) is 6.54 Å². The number of piperidine rings is 1. The van der Waals surface area contributed by atoms with Crippen LogP contribution in [0.25, 0.3) is 0 Å². The van der Waals surface area contributed by atoms with Gasteiger partial charge in [-0.15, -0.1) is 0 Å². The molecule has 0 aromatic carbocycles. The van der Waals surface area contributed by atoms with E-state index in [1.165, 1.54) is 11.3 Å². The van der Waals surface area contributed by atoms with Gasteiger partial charge in [0.1, 0.15) is 0 Å². The van der Waals surface area contributed by atoms with Crippen LogP contribution in [0.3, 0.4) is 0 Å². The normalized spacial score (nSPS) is 23.9. The summed E-state index contributed by atoms with van der Waals surface area (Å²) in [4.78, 5) is 26.1. The Kier molecular flexibility index (Phi) is 5.42. The summed E-state index contributed by atoms with van der Waals surface area (Å²) < 4.78 is 0. The highest BCUT2D eigenvalue weighted by Gasteiger charge is 2.44. The molecule has 0 aromatic heterocycles. The van der Waals surface area contributed by atoms with E-state index in [4.69, 9.17) is 0 Å². The number of rotatable bonds is 5. The van der Waals surface area contributed by atoms with E-state index >= 15 is 0 Å². The number of hydrogen-bond donors (Lipinski definition) is 1. The molecule has 1 saturated heterocycles. The molecule has 1 aliphatic carbocycles. The van der Waals surface area contributed by atoms with E-state index in [2.05, 4.69) is 0 Å². The molecule has 0 radical (unpaired) electrons. The second kappa shape index (κ2) is 6.91. The third-order valence-corrected chi connectivity index (χ3v) is 5.53. The first-order chi connectivity index (χ1) is 10.0. The number of amides is 2. The summed E-state index contributed by atoms with van der Waals surface area (Å²) in [6.45, 7) is 4.25. The van der Waals surface area contributed by atoms with Crippen molar-refractivity contribution >= 4 is 11.8 Å². The van der Waals surface area contributed by atoms with Gasteiger partial charge in [0.25, 0.3) is 0 Å². The van der Waals surface area contributed by atoms with Gasteiger partial charge >= 0.3 is 0 Å². The molecule has 1 saturated carbocycles. The third-order valence-electron chi connectivity index (χ3n) is 5.53. The first kappa shape index (κ1) is 16.5. The summed E-state index contributed by atoms with van der Waals surface area (Å²) in [5.41, 5.74) is -0.0667. The van der Waals surface area contributed by atoms with Crippen molar-refractivity contribution in [1.82, 2.24) is 4.90 Å². The van der Waals surface area contributed by atoms with Crippen molar-refractivity contribution in [3.05, 3.63) is 0 Å². The molecule has 1 spiro atoms. The van der Waals surface area contributed by atoms with Crippen molar-refractivity contribution in [1.29, 1.82) is 0 Å². The van der Waals surface area contributed by atoms with Gasteiger partial charge in [0.05, 0.1) is 12.6 Å². The number of imide groups is 1. The molecule has 2 rings (SSSR count). The van der Waals surface area contributed by atoms with Gasteiger partial charge in [0.2, 0.25) is 11.8 Å². The predicted octanol–water partition coefficient (Wildman–Crippen LogP) is 2.88. The topological polar surface area (TPSA) is 57.6 Å². The highest BCUT2D eigenvalue weighted by molar-refractivity contribution is 5.98. The Hall–Kier alpha value is -0.900. The Balaban J connectivity index is 2.00. The van der Waals surface area contributed by atoms with Gasteiger partial charge in [0.15, 0.2) is 0 Å². The summed E-state index contributed by atoms with van der Waals surface area (Å²) in [6, 6.07) is 0. The summed E-state index contributed by atoms with van der Waals surface area (Å²) in [7, 11) is 0. The van der Waals surface area contributed by atoms with Crippen LogP contribution in [0.15, 0.2) is 0 Å². The van der Waals surface area contributed by atoms with Crippen LogP contribution in [0.5, 0.6) is 0 Å². The van der Waals surface area contributed by atoms with Gasteiger partial charge in [0, 0.05) is 12.8 Å². The number of aliphatic hydroxyl groups is 1. The van der Waals surface area contributed by atoms with Crippen LogP contribution in [0.4, 0.5) is 0 Å². The van der Waals surface area contributed by atoms with Gasteiger partial charge in [-0.25, -0.2) is 0 Å². The second-order valence-corrected chi connectivity index (χ2v) is 6.96. The number of carbonyl (C=O) groups excluding carboxylic acids is 2. The molecule has 0 aromatic rings. The molecule has 1 aliphatic heterocycles. The van der Waals surface area contributed by atoms with Crippen LogP contribution in [-0.4, -0.2) is 34.5 Å². The van der Waals surface area contributed by atoms with Gasteiger partial charge < -0.3 is 5.11 Å². The van der Waals surface area contributed by atoms with Crippen LogP contribution < -0.4 is 0 Å². The van der Waals surface area contributed by atoms with E-state index in [0.29, 0.717) is 12.8 Å². The maximum absolute atomic E-state index is 12.4. The van der Waals surface area contributed by atoms with Gasteiger partial charge in [-0.3, -0.25) is 14.5 Å². The smallest absolute Gasteiger partial charge is 0.229 e. The van der Waals surface area contributed by atoms with Crippen molar-refractivity contribution in [3.8, 4) is 0 Å². The molecule has 4 heteroatoms. The Bertz CT molecular complexity index is 363. The first-order valence-corrected chi connectivity index (χ1v) is 8.52. The van der Waals surface area contributed by atoms with E-state index in [1.54, 1.807) is 0 Å². The van der Waals surface area contributed by atoms with E-state index < -0.39 is 6.10 Å². The van der Waals surface area contributed by atoms with Crippen molar-refractivity contribution in [2.24, 2.45) is 11.3 Å². The number of hydrogen-bond acceptors (Lipinski definition) is 3. The van der Waals surface area contributed by atoms with Crippen molar-refractivity contribution in [2.45, 2.75) is 77.7 Å². The zero-order chi connectivity index (χ0) is 15.5. The number of nitrogens with zero attached hydrogens (tertiary/aromatic N) is 1. The Morgan fingerprint density at radius 1 is 1.05 bits per heavy atom. The molecule has 2 fully saturated rings. The minimum atomic E-state index is -0.590. The average Bonchev–Trinajstić information content (AvgIpc) is 2.45. The van der Waals surface area contributed by atoms with Crippen LogP contribution in [0.2, 0.25) is 0 Å². The number of aliphatic hydroxyl groups excluding tert-OH is 1. The summed E-state index contributed by atoms with van der Waals surface area (Å²) in [5.74, 6) is 0.0208. The largest absolute Gasteiger partial charge is 0.391 e. The molecular weight excluding hydrogens is 266 g/mol. The molecule has 4 nitrogen and oxygen atoms in total. The number of likely N-dealkylation sites (tertiary alicyclic amines) is 1. The molecule has 2 aliphatic rings. The molecule has 1 heterocycles. The zero-order valence-corrected chi connectivity index (χ0v) is 13.4. The average molecular weight is 295 g/mol. The highest BCUT2D eigenvalue weighted by atomic mass is 16.3. The molecule has 21 heavy (non-hydrogen) atoms. The number of β-amino-alcohol motifs (C(OH)–C–C–N with tert-alkyl or cyclic N) is 1. The van der Waals surface area contributed by atoms with Crippen LogP contribution >= 0.6 is 0 Å². The molecular formula is C17H29NO3. The fraction of sp³-hybridized carbons (Fsp3) is 0.882. The molecule has 1 unspecified atom stereocenters. The monoisotopic (exact) mass is 295 g/mol. The van der Waals surface area contributed by atoms with Crippen molar-refractivity contribution in [3.63, 3.8) is 0 Å². The molecule has 2 amide bonds. The maximum atomic E-state index is 12.4. The summed E-state index contributed by atoms with van der Waals surface area (Å²) in [5, 5.41) is 10.3. The van der Waals surface area contributed by atoms with Gasteiger partial charge in [-0.1, -0.05) is 46.0 Å². The fourth-order valence-corrected chi connectivity index (χ4v) is 4.06. The van der Waals surface area contributed by atoms with Gasteiger partial charge in [-0.2, -0.15) is 0 Å². The zero-order valence-electron chi connectivity index (χ0n) is 13.4. The molecule has 1 atom stereocenters. The Labute approximate surface area is 127 Å².